The summed E-state index contributed by atoms with van der Waals surface area (Å²) in [7, 11) is 0. The molecule has 0 spiro atoms. The van der Waals surface area contributed by atoms with Crippen molar-refractivity contribution in [1.82, 2.24) is 14.1 Å². The van der Waals surface area contributed by atoms with Gasteiger partial charge >= 0.3 is 0 Å². The highest BCUT2D eigenvalue weighted by molar-refractivity contribution is 6.10. The second-order valence-electron chi connectivity index (χ2n) is 17.3. The van der Waals surface area contributed by atoms with Gasteiger partial charge in [0.2, 0.25) is 0 Å². The number of ether oxygens (including phenoxy) is 1. The Bertz CT molecular complexity index is 4340. The molecule has 0 N–H and O–H groups in total. The average molecular weight is 869 g/mol. The zero-order chi connectivity index (χ0) is 53.4. The van der Waals surface area contributed by atoms with Crippen molar-refractivity contribution in [2.24, 2.45) is 0 Å². The smallest absolute Gasteiger partial charge is 0.270 e. The van der Waals surface area contributed by atoms with Crippen molar-refractivity contribution in [3.8, 4) is 50.9 Å². The Morgan fingerprint density at radius 1 is 0.667 bits per heavy atom. The minimum absolute atomic E-state index is 0.0931. The monoisotopic (exact) mass is 868 g/mol. The summed E-state index contributed by atoms with van der Waals surface area (Å²) >= 11 is 0. The summed E-state index contributed by atoms with van der Waals surface area (Å²) in [5, 5.41) is 3.22. The molecule has 8 aromatic carbocycles. The fourth-order valence-electron chi connectivity index (χ4n) is 8.95. The molecule has 12 rings (SSSR count). The first-order chi connectivity index (χ1) is 36.3. The largest absolute Gasteiger partial charge is 0.459 e. The third kappa shape index (κ3) is 6.46. The third-order valence-electron chi connectivity index (χ3n) is 12.1. The van der Waals surface area contributed by atoms with Crippen LogP contribution in [-0.2, 0) is 5.41 Å². The zero-order valence-electron chi connectivity index (χ0n) is 46.1. The Labute approximate surface area is 395 Å². The quantitative estimate of drug-likeness (QED) is 0.118. The van der Waals surface area contributed by atoms with Crippen LogP contribution in [0.15, 0.2) is 192 Å². The predicted molar refractivity (Wildman–Crippen MR) is 264 cm³/mol. The molecule has 0 bridgehead atoms. The van der Waals surface area contributed by atoms with Gasteiger partial charge in [0.1, 0.15) is 40.0 Å². The van der Waals surface area contributed by atoms with Gasteiger partial charge in [0.15, 0.2) is 0 Å². The molecule has 0 atom stereocenters. The number of imidazole rings is 1. The Kier molecular flexibility index (Phi) is 6.89. The summed E-state index contributed by atoms with van der Waals surface area (Å²) in [5.41, 5.74) is 5.09. The van der Waals surface area contributed by atoms with E-state index >= 15 is 4.39 Å². The van der Waals surface area contributed by atoms with Gasteiger partial charge < -0.3 is 9.15 Å². The van der Waals surface area contributed by atoms with Crippen LogP contribution in [0.25, 0.3) is 94.2 Å². The SMILES string of the molecule is [2H]c1c([2H])c([2H])c(-c2cccc(-c3c([2H])c([2H])c([2H])c([2H])c3[2H])c2-[n+]2[c-]n(-c3cc(Oc4ccc5c6ccccc6n(-c6cc(C(C)(C)C)ccn6)c5c4)cc4c3oc3cc(F)c(C)cc34)c3ccccc32)c([2H])c1[2H]. The maximum absolute atomic E-state index is 15.4. The maximum Gasteiger partial charge on any atom is 0.270 e. The molecule has 7 heteroatoms. The molecule has 0 aliphatic heterocycles. The molecule has 6 nitrogen and oxygen atoms in total. The highest BCUT2D eigenvalue weighted by Gasteiger charge is 2.24. The number of aryl methyl sites for hydroxylation is 1. The lowest BCUT2D eigenvalue weighted by atomic mass is 9.88. The van der Waals surface area contributed by atoms with Gasteiger partial charge in [0.25, 0.3) is 6.33 Å². The summed E-state index contributed by atoms with van der Waals surface area (Å²) in [6.07, 6.45) is 5.29. The zero-order valence-corrected chi connectivity index (χ0v) is 36.1. The van der Waals surface area contributed by atoms with E-state index in [0.717, 1.165) is 33.2 Å². The van der Waals surface area contributed by atoms with Crippen molar-refractivity contribution < 1.29 is 31.8 Å². The van der Waals surface area contributed by atoms with Gasteiger partial charge in [-0.15, -0.1) is 0 Å². The number of hydrogen-bond donors (Lipinski definition) is 0. The highest BCUT2D eigenvalue weighted by Crippen LogP contribution is 2.42. The van der Waals surface area contributed by atoms with Gasteiger partial charge in [-0.05, 0) is 94.3 Å². The third-order valence-corrected chi connectivity index (χ3v) is 12.1. The van der Waals surface area contributed by atoms with Gasteiger partial charge in [-0.3, -0.25) is 13.7 Å². The topological polar surface area (TPSA) is 49.0 Å². The second-order valence-corrected chi connectivity index (χ2v) is 17.3. The number of benzene rings is 8. The number of hydrogen-bond acceptors (Lipinski definition) is 3. The first-order valence-corrected chi connectivity index (χ1v) is 21.4. The molecule has 12 aromatic rings. The van der Waals surface area contributed by atoms with Gasteiger partial charge in [-0.2, -0.15) is 0 Å². The van der Waals surface area contributed by atoms with Crippen LogP contribution in [0.3, 0.4) is 0 Å². The van der Waals surface area contributed by atoms with E-state index in [1.807, 2.05) is 60.8 Å². The number of aromatic nitrogens is 4. The first-order valence-electron chi connectivity index (χ1n) is 26.4. The number of rotatable bonds is 7. The average Bonchev–Trinajstić information content (AvgIpc) is 4.11. The Morgan fingerprint density at radius 2 is 1.36 bits per heavy atom. The van der Waals surface area contributed by atoms with E-state index in [1.165, 1.54) is 6.07 Å². The molecule has 0 unspecified atom stereocenters. The second kappa shape index (κ2) is 15.2. The van der Waals surface area contributed by atoms with Crippen molar-refractivity contribution in [1.29, 1.82) is 0 Å². The molecule has 0 fully saturated rings. The molecule has 0 saturated heterocycles. The highest BCUT2D eigenvalue weighted by atomic mass is 19.1. The van der Waals surface area contributed by atoms with Crippen LogP contribution in [0.5, 0.6) is 11.5 Å². The number of pyridine rings is 1. The normalized spacial score (nSPS) is 14.1. The molecule has 318 valence electrons. The predicted octanol–water partition coefficient (Wildman–Crippen LogP) is 15.0. The molecule has 0 saturated carbocycles. The van der Waals surface area contributed by atoms with Crippen LogP contribution in [0.4, 0.5) is 4.39 Å². The summed E-state index contributed by atoms with van der Waals surface area (Å²) in [6, 6.07) is 31.1. The van der Waals surface area contributed by atoms with Crippen LogP contribution in [0.2, 0.25) is 0 Å². The molecule has 4 aromatic heterocycles. The standard InChI is InChI=1S/C59H43FN4O2/c1-37-30-47-48-32-42(65-41-26-27-46-45-20-11-12-23-50(45)64(53(46)33-41)56-31-40(28-29-61-56)59(2,3)4)34-54(58(48)66-55(47)35-49(37)60)62-36-63(52-25-14-13-24-51(52)62)57-43(38-16-7-5-8-17-38)21-15-22-44(57)39-18-9-6-10-19-39/h5-35H,1-4H3/i5D,6D,7D,8D,9D,10D,16D,17D,18D,19D. The number of furan rings is 1. The molecule has 4 heterocycles. The first kappa shape index (κ1) is 30.0. The molecule has 0 aliphatic carbocycles. The molecular weight excluding hydrogens is 816 g/mol. The number of para-hydroxylation sites is 4. The Balaban J connectivity index is 1.12. The lowest BCUT2D eigenvalue weighted by Gasteiger charge is -2.20. The molecule has 0 radical (unpaired) electrons. The van der Waals surface area contributed by atoms with Crippen molar-refractivity contribution in [3.05, 3.63) is 211 Å². The summed E-state index contributed by atoms with van der Waals surface area (Å²) in [6.45, 7) is 8.16. The molecule has 0 amide bonds. The minimum atomic E-state index is -0.602. The van der Waals surface area contributed by atoms with Crippen LogP contribution in [0.1, 0.15) is 45.6 Å². The summed E-state index contributed by atoms with van der Waals surface area (Å²) in [4.78, 5) is 4.85. The van der Waals surface area contributed by atoms with E-state index in [0.29, 0.717) is 50.1 Å². The molecular formula is C59H43FN4O2. The number of halogens is 1. The van der Waals surface area contributed by atoms with Crippen molar-refractivity contribution in [2.45, 2.75) is 33.1 Å². The van der Waals surface area contributed by atoms with Gasteiger partial charge in [0, 0.05) is 39.9 Å². The molecule has 66 heavy (non-hydrogen) atoms. The van der Waals surface area contributed by atoms with Crippen molar-refractivity contribution in [3.63, 3.8) is 0 Å². The van der Waals surface area contributed by atoms with Gasteiger partial charge in [-0.1, -0.05) is 142 Å². The fraction of sp³-hybridized carbons (Fsp3) is 0.0847. The fourth-order valence-corrected chi connectivity index (χ4v) is 8.95. The molecule has 0 aliphatic rings. The summed E-state index contributed by atoms with van der Waals surface area (Å²) in [5.74, 6) is 1.16. The maximum atomic E-state index is 15.4. The van der Waals surface area contributed by atoms with E-state index in [2.05, 4.69) is 49.9 Å². The summed E-state index contributed by atoms with van der Waals surface area (Å²) < 4.78 is 122. The van der Waals surface area contributed by atoms with Gasteiger partial charge in [0.05, 0.1) is 41.5 Å². The van der Waals surface area contributed by atoms with Gasteiger partial charge in [-0.25, -0.2) is 9.37 Å². The van der Waals surface area contributed by atoms with E-state index in [1.54, 1.807) is 58.5 Å². The van der Waals surface area contributed by atoms with Crippen LogP contribution >= 0.6 is 0 Å². The minimum Gasteiger partial charge on any atom is -0.459 e. The van der Waals surface area contributed by atoms with Crippen molar-refractivity contribution in [2.75, 3.05) is 0 Å². The van der Waals surface area contributed by atoms with Crippen LogP contribution in [0, 0.1) is 19.1 Å². The van der Waals surface area contributed by atoms with E-state index < -0.39 is 66.2 Å². The van der Waals surface area contributed by atoms with Crippen molar-refractivity contribution >= 4 is 54.8 Å². The van der Waals surface area contributed by atoms with E-state index in [9.17, 15) is 0 Å². The van der Waals surface area contributed by atoms with Crippen LogP contribution in [-0.4, -0.2) is 14.1 Å². The Hall–Kier alpha value is -8.29. The van der Waals surface area contributed by atoms with E-state index in [-0.39, 0.29) is 38.9 Å². The lowest BCUT2D eigenvalue weighted by molar-refractivity contribution is -0.571. The van der Waals surface area contributed by atoms with E-state index in [4.69, 9.17) is 27.8 Å². The lowest BCUT2D eigenvalue weighted by Crippen LogP contribution is -2.31. The Morgan fingerprint density at radius 3 is 2.11 bits per heavy atom. The van der Waals surface area contributed by atoms with Crippen LogP contribution < -0.4 is 9.30 Å². The number of nitrogens with zero attached hydrogens (tertiary/aromatic N) is 4. The number of fused-ring (bicyclic) bond motifs is 7.